The van der Waals surface area contributed by atoms with Crippen molar-refractivity contribution in [1.82, 2.24) is 15.1 Å². The lowest BCUT2D eigenvalue weighted by Gasteiger charge is -2.13. The van der Waals surface area contributed by atoms with E-state index in [4.69, 9.17) is 4.52 Å². The number of carbonyl (C=O) groups excluding carboxylic acids is 1. The molecule has 1 saturated carbocycles. The number of benzene rings is 1. The normalized spacial score (nSPS) is 15.0. The van der Waals surface area contributed by atoms with Gasteiger partial charge < -0.3 is 14.8 Å². The minimum Gasteiger partial charge on any atom is -0.360 e. The van der Waals surface area contributed by atoms with Gasteiger partial charge in [-0.05, 0) is 31.0 Å². The van der Waals surface area contributed by atoms with E-state index in [0.29, 0.717) is 17.3 Å². The van der Waals surface area contributed by atoms with Gasteiger partial charge in [0.05, 0.1) is 11.0 Å². The smallest absolute Gasteiger partial charge is 0.277 e. The van der Waals surface area contributed by atoms with Crippen molar-refractivity contribution in [2.45, 2.75) is 44.9 Å². The molecule has 0 spiro atoms. The molecule has 2 aromatic heterocycles. The van der Waals surface area contributed by atoms with E-state index in [1.807, 2.05) is 18.2 Å². The Balaban J connectivity index is 1.55. The van der Waals surface area contributed by atoms with Gasteiger partial charge in [-0.2, -0.15) is 0 Å². The van der Waals surface area contributed by atoms with Crippen LogP contribution in [0.2, 0.25) is 0 Å². The summed E-state index contributed by atoms with van der Waals surface area (Å²) in [6.45, 7) is 6.32. The Kier molecular flexibility index (Phi) is 3.23. The Morgan fingerprint density at radius 1 is 1.29 bits per heavy atom. The van der Waals surface area contributed by atoms with E-state index in [9.17, 15) is 4.79 Å². The number of imidazole rings is 1. The minimum absolute atomic E-state index is 0.0532. The fourth-order valence-corrected chi connectivity index (χ4v) is 2.59. The third-order valence-electron chi connectivity index (χ3n) is 4.19. The van der Waals surface area contributed by atoms with Gasteiger partial charge in [-0.15, -0.1) is 0 Å². The highest BCUT2D eigenvalue weighted by atomic mass is 16.5. The number of hydrogen-bond donors (Lipinski definition) is 2. The molecule has 0 unspecified atom stereocenters. The maximum atomic E-state index is 12.3. The SMILES string of the molecule is CC(C)(C)c1nc2ccc(NC(=O)c3cc(C4CC4)on3)cc2[nH]1. The summed E-state index contributed by atoms with van der Waals surface area (Å²) in [6, 6.07) is 7.36. The Morgan fingerprint density at radius 3 is 2.79 bits per heavy atom. The lowest BCUT2D eigenvalue weighted by molar-refractivity contribution is 0.101. The summed E-state index contributed by atoms with van der Waals surface area (Å²) in [7, 11) is 0. The van der Waals surface area contributed by atoms with Crippen molar-refractivity contribution in [3.05, 3.63) is 41.5 Å². The molecular formula is C18H20N4O2. The number of nitrogens with one attached hydrogen (secondary N) is 2. The molecule has 2 heterocycles. The zero-order valence-corrected chi connectivity index (χ0v) is 14.0. The lowest BCUT2D eigenvalue weighted by Crippen LogP contribution is -2.13. The van der Waals surface area contributed by atoms with Crippen molar-refractivity contribution in [2.75, 3.05) is 5.32 Å². The average Bonchev–Trinajstić information content (AvgIpc) is 3.09. The molecule has 4 rings (SSSR count). The van der Waals surface area contributed by atoms with E-state index in [1.54, 1.807) is 6.07 Å². The first kappa shape index (κ1) is 14.9. The number of rotatable bonds is 3. The van der Waals surface area contributed by atoms with Crippen LogP contribution in [0.5, 0.6) is 0 Å². The van der Waals surface area contributed by atoms with E-state index in [0.717, 1.165) is 35.5 Å². The molecular weight excluding hydrogens is 304 g/mol. The molecule has 1 amide bonds. The molecule has 1 aliphatic rings. The highest BCUT2D eigenvalue weighted by Gasteiger charge is 2.29. The van der Waals surface area contributed by atoms with Crippen LogP contribution >= 0.6 is 0 Å². The average molecular weight is 324 g/mol. The molecule has 0 saturated heterocycles. The van der Waals surface area contributed by atoms with Gasteiger partial charge in [0.25, 0.3) is 5.91 Å². The molecule has 2 N–H and O–H groups in total. The van der Waals surface area contributed by atoms with Crippen molar-refractivity contribution in [3.8, 4) is 0 Å². The fraction of sp³-hybridized carbons (Fsp3) is 0.389. The summed E-state index contributed by atoms with van der Waals surface area (Å²) >= 11 is 0. The van der Waals surface area contributed by atoms with Crippen molar-refractivity contribution in [3.63, 3.8) is 0 Å². The zero-order valence-electron chi connectivity index (χ0n) is 14.0. The van der Waals surface area contributed by atoms with Crippen LogP contribution in [0.3, 0.4) is 0 Å². The zero-order chi connectivity index (χ0) is 16.9. The first-order chi connectivity index (χ1) is 11.4. The molecule has 124 valence electrons. The van der Waals surface area contributed by atoms with E-state index < -0.39 is 0 Å². The van der Waals surface area contributed by atoms with E-state index in [2.05, 4.69) is 41.2 Å². The van der Waals surface area contributed by atoms with Crippen LogP contribution in [0.15, 0.2) is 28.8 Å². The molecule has 6 nitrogen and oxygen atoms in total. The molecule has 1 aliphatic carbocycles. The van der Waals surface area contributed by atoms with Crippen LogP contribution in [0.1, 0.15) is 61.6 Å². The number of carbonyl (C=O) groups is 1. The van der Waals surface area contributed by atoms with Crippen LogP contribution in [0.25, 0.3) is 11.0 Å². The summed E-state index contributed by atoms with van der Waals surface area (Å²) in [5.41, 5.74) is 2.75. The lowest BCUT2D eigenvalue weighted by atomic mass is 9.96. The summed E-state index contributed by atoms with van der Waals surface area (Å²) < 4.78 is 5.23. The van der Waals surface area contributed by atoms with Gasteiger partial charge in [0.15, 0.2) is 5.69 Å². The second-order valence-corrected chi connectivity index (χ2v) is 7.41. The number of fused-ring (bicyclic) bond motifs is 1. The molecule has 0 aliphatic heterocycles. The molecule has 0 radical (unpaired) electrons. The summed E-state index contributed by atoms with van der Waals surface area (Å²) in [6.07, 6.45) is 2.23. The number of anilines is 1. The summed E-state index contributed by atoms with van der Waals surface area (Å²) in [5.74, 6) is 1.90. The molecule has 3 aromatic rings. The highest BCUT2D eigenvalue weighted by Crippen LogP contribution is 2.40. The van der Waals surface area contributed by atoms with Crippen LogP contribution in [0.4, 0.5) is 5.69 Å². The minimum atomic E-state index is -0.263. The first-order valence-corrected chi connectivity index (χ1v) is 8.18. The van der Waals surface area contributed by atoms with Crippen molar-refractivity contribution in [2.24, 2.45) is 0 Å². The maximum Gasteiger partial charge on any atom is 0.277 e. The van der Waals surface area contributed by atoms with Crippen LogP contribution in [0, 0.1) is 0 Å². The number of aromatic nitrogens is 3. The van der Waals surface area contributed by atoms with Gasteiger partial charge in [0, 0.05) is 23.1 Å². The second-order valence-electron chi connectivity index (χ2n) is 7.41. The molecule has 24 heavy (non-hydrogen) atoms. The van der Waals surface area contributed by atoms with Crippen LogP contribution < -0.4 is 5.32 Å². The Bertz CT molecular complexity index is 913. The molecule has 0 bridgehead atoms. The molecule has 1 aromatic carbocycles. The van der Waals surface area contributed by atoms with Gasteiger partial charge in [-0.25, -0.2) is 4.98 Å². The van der Waals surface area contributed by atoms with Crippen LogP contribution in [-0.2, 0) is 5.41 Å². The monoisotopic (exact) mass is 324 g/mol. The predicted octanol–water partition coefficient (Wildman–Crippen LogP) is 3.98. The first-order valence-electron chi connectivity index (χ1n) is 8.18. The van der Waals surface area contributed by atoms with Crippen molar-refractivity contribution < 1.29 is 9.32 Å². The van der Waals surface area contributed by atoms with Crippen molar-refractivity contribution >= 4 is 22.6 Å². The van der Waals surface area contributed by atoms with Crippen LogP contribution in [-0.4, -0.2) is 21.0 Å². The molecule has 0 atom stereocenters. The molecule has 6 heteroatoms. The Hall–Kier alpha value is -2.63. The van der Waals surface area contributed by atoms with E-state index in [1.165, 1.54) is 0 Å². The van der Waals surface area contributed by atoms with Gasteiger partial charge in [-0.1, -0.05) is 25.9 Å². The fourth-order valence-electron chi connectivity index (χ4n) is 2.59. The van der Waals surface area contributed by atoms with E-state index >= 15 is 0 Å². The summed E-state index contributed by atoms with van der Waals surface area (Å²) in [5, 5.41) is 6.73. The van der Waals surface area contributed by atoms with Gasteiger partial charge in [0.2, 0.25) is 0 Å². The van der Waals surface area contributed by atoms with Gasteiger partial charge in [-0.3, -0.25) is 4.79 Å². The number of aromatic amines is 1. The molecule has 1 fully saturated rings. The number of hydrogen-bond acceptors (Lipinski definition) is 4. The Morgan fingerprint density at radius 2 is 2.08 bits per heavy atom. The number of amides is 1. The maximum absolute atomic E-state index is 12.3. The quantitative estimate of drug-likeness (QED) is 0.763. The predicted molar refractivity (Wildman–Crippen MR) is 91.2 cm³/mol. The third kappa shape index (κ3) is 2.79. The standard InChI is InChI=1S/C18H20N4O2/c1-18(2,3)17-20-12-7-6-11(8-13(12)21-17)19-16(23)14-9-15(24-22-14)10-4-5-10/h6-10H,4-5H2,1-3H3,(H,19,23)(H,20,21). The van der Waals surface area contributed by atoms with Gasteiger partial charge >= 0.3 is 0 Å². The van der Waals surface area contributed by atoms with E-state index in [-0.39, 0.29) is 11.3 Å². The summed E-state index contributed by atoms with van der Waals surface area (Å²) in [4.78, 5) is 20.2. The number of nitrogens with zero attached hydrogens (tertiary/aromatic N) is 2. The van der Waals surface area contributed by atoms with Crippen molar-refractivity contribution in [1.29, 1.82) is 0 Å². The third-order valence-corrected chi connectivity index (χ3v) is 4.19. The Labute approximate surface area is 139 Å². The number of H-pyrrole nitrogens is 1. The van der Waals surface area contributed by atoms with Gasteiger partial charge in [0.1, 0.15) is 11.6 Å². The highest BCUT2D eigenvalue weighted by molar-refractivity contribution is 6.03. The topological polar surface area (TPSA) is 83.8 Å². The second kappa shape index (κ2) is 5.19. The largest absolute Gasteiger partial charge is 0.360 e.